The molecule has 88 valence electrons. The summed E-state index contributed by atoms with van der Waals surface area (Å²) in [6.07, 6.45) is 2.24. The van der Waals surface area contributed by atoms with Gasteiger partial charge in [-0.25, -0.2) is 4.79 Å². The van der Waals surface area contributed by atoms with Crippen LogP contribution in [0.4, 0.5) is 0 Å². The van der Waals surface area contributed by atoms with Crippen molar-refractivity contribution in [2.24, 2.45) is 5.73 Å². The van der Waals surface area contributed by atoms with Crippen LogP contribution in [0.2, 0.25) is 0 Å². The first-order valence-electron chi connectivity index (χ1n) is 4.92. The Morgan fingerprint density at radius 1 is 1.47 bits per heavy atom. The van der Waals surface area contributed by atoms with Gasteiger partial charge in [-0.15, -0.1) is 0 Å². The van der Waals surface area contributed by atoms with Crippen LogP contribution < -0.4 is 11.1 Å². The fraction of sp³-hybridized carbons (Fsp3) is 0.778. The van der Waals surface area contributed by atoms with Gasteiger partial charge in [-0.2, -0.15) is 0 Å². The molecule has 0 aliphatic rings. The first-order chi connectivity index (χ1) is 7.02. The number of aliphatic carboxylic acids is 1. The molecule has 0 heterocycles. The molecule has 0 aromatic carbocycles. The van der Waals surface area contributed by atoms with Crippen LogP contribution in [0.15, 0.2) is 0 Å². The number of amides is 1. The maximum atomic E-state index is 11.3. The SMILES string of the molecule is CCCCC(N)C(=O)N[C@H](CO)C(=O)O. The molecule has 1 amide bonds. The monoisotopic (exact) mass is 218 g/mol. The normalized spacial score (nSPS) is 14.3. The minimum Gasteiger partial charge on any atom is -0.480 e. The van der Waals surface area contributed by atoms with Gasteiger partial charge in [-0.3, -0.25) is 4.79 Å². The number of rotatable bonds is 7. The average Bonchev–Trinajstić information content (AvgIpc) is 2.21. The molecule has 0 aromatic rings. The van der Waals surface area contributed by atoms with Gasteiger partial charge in [-0.1, -0.05) is 19.8 Å². The van der Waals surface area contributed by atoms with Crippen molar-refractivity contribution in [3.8, 4) is 0 Å². The Balaban J connectivity index is 4.04. The minimum atomic E-state index is -1.27. The number of aliphatic hydroxyl groups is 1. The van der Waals surface area contributed by atoms with Crippen molar-refractivity contribution in [3.63, 3.8) is 0 Å². The predicted octanol–water partition coefficient (Wildman–Crippen LogP) is -0.934. The molecule has 1 unspecified atom stereocenters. The topological polar surface area (TPSA) is 113 Å². The van der Waals surface area contributed by atoms with Gasteiger partial charge in [0.1, 0.15) is 6.04 Å². The summed E-state index contributed by atoms with van der Waals surface area (Å²) in [5, 5.41) is 19.4. The zero-order chi connectivity index (χ0) is 11.8. The molecular weight excluding hydrogens is 200 g/mol. The summed E-state index contributed by atoms with van der Waals surface area (Å²) in [5.41, 5.74) is 5.52. The maximum absolute atomic E-state index is 11.3. The molecule has 0 saturated heterocycles. The highest BCUT2D eigenvalue weighted by Gasteiger charge is 2.21. The lowest BCUT2D eigenvalue weighted by atomic mass is 10.1. The molecule has 0 aliphatic carbocycles. The van der Waals surface area contributed by atoms with Gasteiger partial charge in [0, 0.05) is 0 Å². The molecule has 0 spiro atoms. The van der Waals surface area contributed by atoms with E-state index in [2.05, 4.69) is 5.32 Å². The molecule has 0 aromatic heterocycles. The number of carboxylic acid groups (broad SMARTS) is 1. The van der Waals surface area contributed by atoms with E-state index in [0.29, 0.717) is 6.42 Å². The van der Waals surface area contributed by atoms with E-state index >= 15 is 0 Å². The fourth-order valence-corrected chi connectivity index (χ4v) is 1.02. The Hall–Kier alpha value is -1.14. The molecule has 0 aliphatic heterocycles. The Labute approximate surface area is 88.5 Å². The third-order valence-corrected chi connectivity index (χ3v) is 2.00. The van der Waals surface area contributed by atoms with Crippen LogP contribution in [0.5, 0.6) is 0 Å². The average molecular weight is 218 g/mol. The van der Waals surface area contributed by atoms with Crippen molar-refractivity contribution in [3.05, 3.63) is 0 Å². The summed E-state index contributed by atoms with van der Waals surface area (Å²) in [6.45, 7) is 1.33. The van der Waals surface area contributed by atoms with E-state index in [1.54, 1.807) is 0 Å². The Morgan fingerprint density at radius 3 is 2.47 bits per heavy atom. The first kappa shape index (κ1) is 13.9. The van der Waals surface area contributed by atoms with Gasteiger partial charge in [0.2, 0.25) is 5.91 Å². The van der Waals surface area contributed by atoms with Crippen LogP contribution in [0.25, 0.3) is 0 Å². The van der Waals surface area contributed by atoms with Crippen molar-refractivity contribution in [1.82, 2.24) is 5.32 Å². The number of carbonyl (C=O) groups excluding carboxylic acids is 1. The van der Waals surface area contributed by atoms with Crippen molar-refractivity contribution >= 4 is 11.9 Å². The quantitative estimate of drug-likeness (QED) is 0.441. The molecule has 5 N–H and O–H groups in total. The van der Waals surface area contributed by atoms with Crippen LogP contribution >= 0.6 is 0 Å². The number of carboxylic acids is 1. The third-order valence-electron chi connectivity index (χ3n) is 2.00. The number of carbonyl (C=O) groups is 2. The zero-order valence-electron chi connectivity index (χ0n) is 8.77. The lowest BCUT2D eigenvalue weighted by Gasteiger charge is -2.15. The van der Waals surface area contributed by atoms with Gasteiger partial charge in [0.25, 0.3) is 0 Å². The fourth-order valence-electron chi connectivity index (χ4n) is 1.02. The van der Waals surface area contributed by atoms with Gasteiger partial charge in [0.05, 0.1) is 12.6 Å². The molecule has 0 saturated carbocycles. The second-order valence-electron chi connectivity index (χ2n) is 3.33. The second kappa shape index (κ2) is 7.19. The van der Waals surface area contributed by atoms with E-state index in [0.717, 1.165) is 12.8 Å². The second-order valence-corrected chi connectivity index (χ2v) is 3.33. The lowest BCUT2D eigenvalue weighted by Crippen LogP contribution is -2.49. The number of nitrogens with one attached hydrogen (secondary N) is 1. The summed E-state index contributed by atoms with van der Waals surface area (Å²) in [6, 6.07) is -1.98. The van der Waals surface area contributed by atoms with E-state index in [1.165, 1.54) is 0 Å². The van der Waals surface area contributed by atoms with Crippen molar-refractivity contribution in [2.45, 2.75) is 38.3 Å². The number of hydrogen-bond acceptors (Lipinski definition) is 4. The Morgan fingerprint density at radius 2 is 2.07 bits per heavy atom. The molecule has 15 heavy (non-hydrogen) atoms. The number of nitrogens with two attached hydrogens (primary N) is 1. The lowest BCUT2D eigenvalue weighted by molar-refractivity contribution is -0.143. The number of unbranched alkanes of at least 4 members (excludes halogenated alkanes) is 1. The molecule has 0 bridgehead atoms. The van der Waals surface area contributed by atoms with E-state index < -0.39 is 30.6 Å². The number of aliphatic hydroxyl groups excluding tert-OH is 1. The zero-order valence-corrected chi connectivity index (χ0v) is 8.77. The molecule has 0 fully saturated rings. The van der Waals surface area contributed by atoms with Crippen LogP contribution in [0.3, 0.4) is 0 Å². The van der Waals surface area contributed by atoms with Crippen molar-refractivity contribution < 1.29 is 19.8 Å². The molecule has 2 atom stereocenters. The molecule has 6 heteroatoms. The summed E-state index contributed by atoms with van der Waals surface area (Å²) in [4.78, 5) is 21.8. The van der Waals surface area contributed by atoms with Crippen LogP contribution in [-0.4, -0.2) is 40.8 Å². The van der Waals surface area contributed by atoms with E-state index in [-0.39, 0.29) is 0 Å². The summed E-state index contributed by atoms with van der Waals surface area (Å²) in [5.74, 6) is -1.81. The maximum Gasteiger partial charge on any atom is 0.328 e. The van der Waals surface area contributed by atoms with E-state index in [1.807, 2.05) is 6.92 Å². The van der Waals surface area contributed by atoms with Crippen molar-refractivity contribution in [2.75, 3.05) is 6.61 Å². The smallest absolute Gasteiger partial charge is 0.328 e. The predicted molar refractivity (Wildman–Crippen MR) is 54.2 cm³/mol. The molecule has 0 radical (unpaired) electrons. The highest BCUT2D eigenvalue weighted by Crippen LogP contribution is 1.98. The van der Waals surface area contributed by atoms with Gasteiger partial charge in [-0.05, 0) is 6.42 Å². The van der Waals surface area contributed by atoms with Crippen LogP contribution in [-0.2, 0) is 9.59 Å². The largest absolute Gasteiger partial charge is 0.480 e. The highest BCUT2D eigenvalue weighted by atomic mass is 16.4. The van der Waals surface area contributed by atoms with Crippen LogP contribution in [0, 0.1) is 0 Å². The van der Waals surface area contributed by atoms with Gasteiger partial charge < -0.3 is 21.3 Å². The standard InChI is InChI=1S/C9H18N2O4/c1-2-3-4-6(10)8(13)11-7(5-12)9(14)15/h6-7,12H,2-5,10H2,1H3,(H,11,13)(H,14,15)/t6?,7-/m1/s1. The summed E-state index contributed by atoms with van der Waals surface area (Å²) >= 11 is 0. The van der Waals surface area contributed by atoms with Crippen LogP contribution in [0.1, 0.15) is 26.2 Å². The molecule has 6 nitrogen and oxygen atoms in total. The summed E-state index contributed by atoms with van der Waals surface area (Å²) in [7, 11) is 0. The van der Waals surface area contributed by atoms with Gasteiger partial charge >= 0.3 is 5.97 Å². The minimum absolute atomic E-state index is 0.514. The molecular formula is C9H18N2O4. The highest BCUT2D eigenvalue weighted by molar-refractivity contribution is 5.86. The van der Waals surface area contributed by atoms with Gasteiger partial charge in [0.15, 0.2) is 0 Å². The Bertz CT molecular complexity index is 220. The van der Waals surface area contributed by atoms with E-state index in [9.17, 15) is 9.59 Å². The van der Waals surface area contributed by atoms with Crippen molar-refractivity contribution in [1.29, 1.82) is 0 Å². The molecule has 0 rings (SSSR count). The first-order valence-corrected chi connectivity index (χ1v) is 4.92. The number of hydrogen-bond donors (Lipinski definition) is 4. The summed E-state index contributed by atoms with van der Waals surface area (Å²) < 4.78 is 0. The third kappa shape index (κ3) is 5.34. The van der Waals surface area contributed by atoms with E-state index in [4.69, 9.17) is 15.9 Å². The Kier molecular flexibility index (Phi) is 6.64.